The van der Waals surface area contributed by atoms with Crippen LogP contribution in [0.5, 0.6) is 5.75 Å². The zero-order valence-electron chi connectivity index (χ0n) is 23.9. The molecule has 5 aromatic rings. The average Bonchev–Trinajstić information content (AvgIpc) is 3.51. The molecule has 1 saturated heterocycles. The Morgan fingerprint density at radius 1 is 0.932 bits per heavy atom. The Balaban J connectivity index is 0.000000249. The van der Waals surface area contributed by atoms with E-state index >= 15 is 0 Å². The molecule has 2 aromatic heterocycles. The molecule has 9 nitrogen and oxygen atoms in total. The van der Waals surface area contributed by atoms with Crippen molar-refractivity contribution in [3.8, 4) is 28.3 Å². The quantitative estimate of drug-likeness (QED) is 0.174. The molecule has 0 radical (unpaired) electrons. The van der Waals surface area contributed by atoms with E-state index in [2.05, 4.69) is 44.5 Å². The van der Waals surface area contributed by atoms with Gasteiger partial charge in [-0.25, -0.2) is 9.48 Å². The molecule has 6 rings (SSSR count). The molecule has 0 atom stereocenters. The number of nitrogens with zero attached hydrogens (tertiary/aromatic N) is 5. The SMILES string of the molecule is Nc1ccc(N2CCCCC2)cc1-c1cc(-c2cn(Cc3ccccc3)nn2)ccn1.O=C(O)COc1ccc(Cl)cc1Cl. The van der Waals surface area contributed by atoms with Crippen molar-refractivity contribution in [3.05, 3.63) is 107 Å². The lowest BCUT2D eigenvalue weighted by Crippen LogP contribution is -2.29. The summed E-state index contributed by atoms with van der Waals surface area (Å²) in [5, 5.41) is 17.8. The molecule has 0 aliphatic carbocycles. The van der Waals surface area contributed by atoms with Crippen molar-refractivity contribution in [2.75, 3.05) is 30.3 Å². The predicted octanol–water partition coefficient (Wildman–Crippen LogP) is 7.08. The molecule has 226 valence electrons. The monoisotopic (exact) mass is 630 g/mol. The lowest BCUT2D eigenvalue weighted by molar-refractivity contribution is -0.139. The van der Waals surface area contributed by atoms with Crippen LogP contribution in [0.1, 0.15) is 24.8 Å². The van der Waals surface area contributed by atoms with E-state index in [0.717, 1.165) is 41.3 Å². The van der Waals surface area contributed by atoms with Gasteiger partial charge in [0.1, 0.15) is 11.4 Å². The van der Waals surface area contributed by atoms with Crippen LogP contribution in [0.25, 0.3) is 22.5 Å². The Bertz CT molecular complexity index is 1710. The lowest BCUT2D eigenvalue weighted by atomic mass is 10.0. The number of ether oxygens (including phenoxy) is 1. The van der Waals surface area contributed by atoms with Crippen molar-refractivity contribution in [1.82, 2.24) is 20.0 Å². The van der Waals surface area contributed by atoms with Crippen molar-refractivity contribution < 1.29 is 14.6 Å². The van der Waals surface area contributed by atoms with Gasteiger partial charge in [-0.3, -0.25) is 4.98 Å². The molecular formula is C33H32Cl2N6O3. The minimum atomic E-state index is -1.05. The molecular weight excluding hydrogens is 599 g/mol. The van der Waals surface area contributed by atoms with Gasteiger partial charge in [0.05, 0.1) is 23.5 Å². The molecule has 0 amide bonds. The number of rotatable bonds is 8. The number of pyridine rings is 1. The molecule has 1 fully saturated rings. The molecule has 1 aliphatic rings. The second-order valence-electron chi connectivity index (χ2n) is 10.3. The zero-order valence-corrected chi connectivity index (χ0v) is 25.5. The topological polar surface area (TPSA) is 119 Å². The third-order valence-corrected chi connectivity index (χ3v) is 7.59. The second kappa shape index (κ2) is 14.7. The number of carboxylic acids is 1. The molecule has 0 spiro atoms. The van der Waals surface area contributed by atoms with Crippen molar-refractivity contribution in [1.29, 1.82) is 0 Å². The van der Waals surface area contributed by atoms with Gasteiger partial charge < -0.3 is 20.5 Å². The molecule has 1 aliphatic heterocycles. The zero-order chi connectivity index (χ0) is 30.9. The molecule has 3 aromatic carbocycles. The highest BCUT2D eigenvalue weighted by atomic mass is 35.5. The van der Waals surface area contributed by atoms with E-state index in [4.69, 9.17) is 38.8 Å². The minimum Gasteiger partial charge on any atom is -0.480 e. The van der Waals surface area contributed by atoms with Gasteiger partial charge in [0.25, 0.3) is 0 Å². The van der Waals surface area contributed by atoms with Gasteiger partial charge >= 0.3 is 5.97 Å². The van der Waals surface area contributed by atoms with Crippen molar-refractivity contribution in [2.45, 2.75) is 25.8 Å². The summed E-state index contributed by atoms with van der Waals surface area (Å²) in [5.41, 5.74) is 13.1. The van der Waals surface area contributed by atoms with Crippen LogP contribution in [0.4, 0.5) is 11.4 Å². The number of nitrogens with two attached hydrogens (primary N) is 1. The number of piperidine rings is 1. The lowest BCUT2D eigenvalue weighted by Gasteiger charge is -2.29. The molecule has 0 bridgehead atoms. The van der Waals surface area contributed by atoms with E-state index in [1.54, 1.807) is 6.07 Å². The Morgan fingerprint density at radius 3 is 2.48 bits per heavy atom. The van der Waals surface area contributed by atoms with Gasteiger partial charge in [-0.05, 0) is 73.4 Å². The van der Waals surface area contributed by atoms with Crippen LogP contribution in [-0.2, 0) is 11.3 Å². The van der Waals surface area contributed by atoms with Crippen LogP contribution in [-0.4, -0.2) is 50.8 Å². The Kier molecular flexibility index (Phi) is 10.3. The summed E-state index contributed by atoms with van der Waals surface area (Å²) in [7, 11) is 0. The number of hydrogen-bond donors (Lipinski definition) is 2. The molecule has 0 saturated carbocycles. The van der Waals surface area contributed by atoms with Gasteiger partial charge in [-0.15, -0.1) is 5.10 Å². The first kappa shape index (κ1) is 30.8. The van der Waals surface area contributed by atoms with Gasteiger partial charge in [-0.2, -0.15) is 0 Å². The molecule has 0 unspecified atom stereocenters. The summed E-state index contributed by atoms with van der Waals surface area (Å²) >= 11 is 11.3. The highest BCUT2D eigenvalue weighted by Gasteiger charge is 2.15. The first-order chi connectivity index (χ1) is 21.4. The van der Waals surface area contributed by atoms with E-state index in [0.29, 0.717) is 22.3 Å². The summed E-state index contributed by atoms with van der Waals surface area (Å²) in [6.45, 7) is 2.47. The third-order valence-electron chi connectivity index (χ3n) is 7.06. The summed E-state index contributed by atoms with van der Waals surface area (Å²) in [6.07, 6.45) is 7.58. The van der Waals surface area contributed by atoms with E-state index in [1.165, 1.54) is 42.6 Å². The van der Waals surface area contributed by atoms with E-state index in [1.807, 2.05) is 53.5 Å². The molecule has 44 heavy (non-hydrogen) atoms. The number of carbonyl (C=O) groups is 1. The second-order valence-corrected chi connectivity index (χ2v) is 11.1. The van der Waals surface area contributed by atoms with Crippen LogP contribution < -0.4 is 15.4 Å². The Hall–Kier alpha value is -4.60. The van der Waals surface area contributed by atoms with Crippen LogP contribution in [0, 0.1) is 0 Å². The van der Waals surface area contributed by atoms with E-state index in [9.17, 15) is 4.79 Å². The number of carboxylic acid groups (broad SMARTS) is 1. The number of halogens is 2. The smallest absolute Gasteiger partial charge is 0.341 e. The normalized spacial score (nSPS) is 12.7. The van der Waals surface area contributed by atoms with E-state index < -0.39 is 12.6 Å². The maximum absolute atomic E-state index is 10.2. The van der Waals surface area contributed by atoms with Gasteiger partial charge in [0.15, 0.2) is 6.61 Å². The number of nitrogen functional groups attached to an aromatic ring is 1. The predicted molar refractivity (Wildman–Crippen MR) is 174 cm³/mol. The number of aromatic nitrogens is 4. The largest absolute Gasteiger partial charge is 0.480 e. The first-order valence-corrected chi connectivity index (χ1v) is 15.0. The molecule has 3 N–H and O–H groups in total. The number of anilines is 2. The fourth-order valence-corrected chi connectivity index (χ4v) is 5.33. The van der Waals surface area contributed by atoms with Gasteiger partial charge in [0.2, 0.25) is 0 Å². The summed E-state index contributed by atoms with van der Waals surface area (Å²) in [4.78, 5) is 17.2. The maximum atomic E-state index is 10.2. The standard InChI is InChI=1S/C25H26N6.C8H6Cl2O3/c26-23-10-9-21(30-13-5-2-6-14-30)16-22(23)24-15-20(11-12-27-24)25-18-31(29-28-25)17-19-7-3-1-4-8-19;9-5-1-2-7(6(10)3-5)13-4-8(11)12/h1,3-4,7-12,15-16,18H,2,5-6,13-14,17,26H2;1-3H,4H2,(H,11,12). The average molecular weight is 632 g/mol. The van der Waals surface area contributed by atoms with Crippen LogP contribution in [0.2, 0.25) is 10.0 Å². The fourth-order valence-electron chi connectivity index (χ4n) is 4.86. The van der Waals surface area contributed by atoms with Crippen molar-refractivity contribution in [3.63, 3.8) is 0 Å². The van der Waals surface area contributed by atoms with E-state index in [-0.39, 0.29) is 0 Å². The van der Waals surface area contributed by atoms with Crippen LogP contribution in [0.15, 0.2) is 91.3 Å². The number of hydrogen-bond acceptors (Lipinski definition) is 7. The Labute approximate surface area is 265 Å². The summed E-state index contributed by atoms with van der Waals surface area (Å²) < 4.78 is 6.72. The maximum Gasteiger partial charge on any atom is 0.341 e. The third kappa shape index (κ3) is 8.27. The van der Waals surface area contributed by atoms with Crippen LogP contribution in [0.3, 0.4) is 0 Å². The van der Waals surface area contributed by atoms with Crippen LogP contribution >= 0.6 is 23.2 Å². The highest BCUT2D eigenvalue weighted by molar-refractivity contribution is 6.35. The van der Waals surface area contributed by atoms with Gasteiger partial charge in [-0.1, -0.05) is 58.7 Å². The van der Waals surface area contributed by atoms with Crippen molar-refractivity contribution in [2.24, 2.45) is 0 Å². The summed E-state index contributed by atoms with van der Waals surface area (Å²) in [6, 6.07) is 25.1. The van der Waals surface area contributed by atoms with Gasteiger partial charge in [0, 0.05) is 46.8 Å². The Morgan fingerprint density at radius 2 is 1.73 bits per heavy atom. The summed E-state index contributed by atoms with van der Waals surface area (Å²) in [5.74, 6) is -0.737. The number of benzene rings is 3. The number of aliphatic carboxylic acids is 1. The highest BCUT2D eigenvalue weighted by Crippen LogP contribution is 2.32. The molecule has 3 heterocycles. The van der Waals surface area contributed by atoms with Crippen molar-refractivity contribution >= 4 is 40.5 Å². The molecule has 11 heteroatoms. The fraction of sp³-hybridized carbons (Fsp3) is 0.212. The first-order valence-electron chi connectivity index (χ1n) is 14.2. The minimum absolute atomic E-state index is 0.300.